The predicted molar refractivity (Wildman–Crippen MR) is 91.8 cm³/mol. The number of ether oxygens (including phenoxy) is 1. The van der Waals surface area contributed by atoms with Gasteiger partial charge in [0.1, 0.15) is 11.4 Å². The molecule has 1 unspecified atom stereocenters. The first-order valence-corrected chi connectivity index (χ1v) is 9.02. The number of hydrogen-bond donors (Lipinski definition) is 0. The number of aryl methyl sites for hydroxylation is 1. The summed E-state index contributed by atoms with van der Waals surface area (Å²) in [6, 6.07) is 5.77. The monoisotopic (exact) mass is 347 g/mol. The zero-order valence-corrected chi connectivity index (χ0v) is 14.7. The number of amides is 1. The van der Waals surface area contributed by atoms with Gasteiger partial charge in [0, 0.05) is 20.1 Å². The normalized spacial score (nSPS) is 17.8. The highest BCUT2D eigenvalue weighted by atomic mass is 32.1. The van der Waals surface area contributed by atoms with Crippen LogP contribution in [0.15, 0.2) is 23.6 Å². The Balaban J connectivity index is 1.75. The second kappa shape index (κ2) is 7.17. The number of carbonyl (C=O) groups is 2. The van der Waals surface area contributed by atoms with Gasteiger partial charge in [-0.05, 0) is 37.3 Å². The Kier molecular flexibility index (Phi) is 4.99. The highest BCUT2D eigenvalue weighted by Gasteiger charge is 2.31. The molecule has 0 spiro atoms. The summed E-state index contributed by atoms with van der Waals surface area (Å²) in [6.07, 6.45) is 1.58. The van der Waals surface area contributed by atoms with Crippen molar-refractivity contribution in [3.63, 3.8) is 0 Å². The van der Waals surface area contributed by atoms with Gasteiger partial charge in [0.2, 0.25) is 0 Å². The molecule has 0 radical (unpaired) electrons. The first kappa shape index (κ1) is 16.7. The number of likely N-dealkylation sites (tertiary alicyclic amines) is 1. The van der Waals surface area contributed by atoms with Crippen LogP contribution >= 0.6 is 11.3 Å². The summed E-state index contributed by atoms with van der Waals surface area (Å²) in [5, 5.41) is 6.43. The number of aromatic nitrogens is 2. The van der Waals surface area contributed by atoms with Crippen LogP contribution in [0.2, 0.25) is 0 Å². The Hall–Kier alpha value is -2.15. The molecule has 0 aromatic carbocycles. The molecular formula is C17H21N3O3S. The number of rotatable bonds is 4. The minimum absolute atomic E-state index is 0.0817. The number of nitrogens with zero attached hydrogens (tertiary/aromatic N) is 3. The smallest absolute Gasteiger partial charge is 0.310 e. The topological polar surface area (TPSA) is 64.4 Å². The molecule has 3 heterocycles. The lowest BCUT2D eigenvalue weighted by Crippen LogP contribution is -2.43. The molecule has 1 aliphatic rings. The number of carbonyl (C=O) groups excluding carboxylic acids is 2. The van der Waals surface area contributed by atoms with Crippen molar-refractivity contribution < 1.29 is 14.3 Å². The largest absolute Gasteiger partial charge is 0.466 e. The average molecular weight is 347 g/mol. The van der Waals surface area contributed by atoms with Crippen molar-refractivity contribution in [1.29, 1.82) is 0 Å². The summed E-state index contributed by atoms with van der Waals surface area (Å²) < 4.78 is 6.72. The maximum absolute atomic E-state index is 12.8. The van der Waals surface area contributed by atoms with Crippen LogP contribution in [0, 0.1) is 5.92 Å². The molecule has 7 heteroatoms. The molecule has 2 aromatic rings. The van der Waals surface area contributed by atoms with E-state index in [-0.39, 0.29) is 17.8 Å². The van der Waals surface area contributed by atoms with E-state index in [1.165, 1.54) is 0 Å². The van der Waals surface area contributed by atoms with Crippen LogP contribution in [-0.2, 0) is 16.6 Å². The van der Waals surface area contributed by atoms with Crippen molar-refractivity contribution in [3.8, 4) is 10.6 Å². The highest BCUT2D eigenvalue weighted by molar-refractivity contribution is 7.13. The van der Waals surface area contributed by atoms with Gasteiger partial charge < -0.3 is 9.64 Å². The molecule has 128 valence electrons. The Morgan fingerprint density at radius 1 is 1.46 bits per heavy atom. The van der Waals surface area contributed by atoms with E-state index in [9.17, 15) is 9.59 Å². The van der Waals surface area contributed by atoms with Crippen LogP contribution in [0.25, 0.3) is 10.6 Å². The van der Waals surface area contributed by atoms with Crippen LogP contribution in [-0.4, -0.2) is 46.3 Å². The highest BCUT2D eigenvalue weighted by Crippen LogP contribution is 2.25. The van der Waals surface area contributed by atoms with E-state index in [4.69, 9.17) is 4.74 Å². The molecule has 1 fully saturated rings. The van der Waals surface area contributed by atoms with Crippen molar-refractivity contribution in [1.82, 2.24) is 14.7 Å². The van der Waals surface area contributed by atoms with E-state index in [0.29, 0.717) is 25.4 Å². The van der Waals surface area contributed by atoms with Gasteiger partial charge in [0.05, 0.1) is 17.4 Å². The molecule has 1 saturated heterocycles. The molecular weight excluding hydrogens is 326 g/mol. The van der Waals surface area contributed by atoms with Crippen molar-refractivity contribution in [2.24, 2.45) is 13.0 Å². The number of piperidine rings is 1. The molecule has 1 atom stereocenters. The van der Waals surface area contributed by atoms with E-state index in [1.54, 1.807) is 34.9 Å². The molecule has 1 amide bonds. The number of esters is 1. The molecule has 0 bridgehead atoms. The maximum Gasteiger partial charge on any atom is 0.310 e. The molecule has 0 aliphatic carbocycles. The zero-order chi connectivity index (χ0) is 17.1. The van der Waals surface area contributed by atoms with Crippen LogP contribution in [0.4, 0.5) is 0 Å². The van der Waals surface area contributed by atoms with Gasteiger partial charge in [-0.2, -0.15) is 5.10 Å². The molecule has 24 heavy (non-hydrogen) atoms. The fourth-order valence-electron chi connectivity index (χ4n) is 2.99. The van der Waals surface area contributed by atoms with Gasteiger partial charge in [-0.15, -0.1) is 11.3 Å². The lowest BCUT2D eigenvalue weighted by molar-refractivity contribution is -0.149. The summed E-state index contributed by atoms with van der Waals surface area (Å²) in [5.41, 5.74) is 1.35. The van der Waals surface area contributed by atoms with Crippen molar-refractivity contribution >= 4 is 23.2 Å². The van der Waals surface area contributed by atoms with Crippen molar-refractivity contribution in [3.05, 3.63) is 29.3 Å². The molecule has 6 nitrogen and oxygen atoms in total. The van der Waals surface area contributed by atoms with Crippen molar-refractivity contribution in [2.75, 3.05) is 19.7 Å². The quantitative estimate of drug-likeness (QED) is 0.798. The second-order valence-electron chi connectivity index (χ2n) is 5.86. The standard InChI is InChI=1S/C17H21N3O3S/c1-3-23-17(22)12-6-4-8-20(11-12)16(21)14-10-13(18-19(14)2)15-7-5-9-24-15/h5,7,9-10,12H,3-4,6,8,11H2,1-2H3. The molecule has 1 aliphatic heterocycles. The summed E-state index contributed by atoms with van der Waals surface area (Å²) in [6.45, 7) is 3.24. The summed E-state index contributed by atoms with van der Waals surface area (Å²) >= 11 is 1.59. The second-order valence-corrected chi connectivity index (χ2v) is 6.81. The van der Waals surface area contributed by atoms with Crippen LogP contribution in [0.1, 0.15) is 30.3 Å². The van der Waals surface area contributed by atoms with Crippen LogP contribution in [0.5, 0.6) is 0 Å². The Morgan fingerprint density at radius 2 is 2.29 bits per heavy atom. The van der Waals surface area contributed by atoms with Gasteiger partial charge in [0.25, 0.3) is 5.91 Å². The van der Waals surface area contributed by atoms with Crippen LogP contribution in [0.3, 0.4) is 0 Å². The number of hydrogen-bond acceptors (Lipinski definition) is 5. The van der Waals surface area contributed by atoms with Crippen LogP contribution < -0.4 is 0 Å². The Labute approximate surface area is 145 Å². The summed E-state index contributed by atoms with van der Waals surface area (Å²) in [4.78, 5) is 27.6. The van der Waals surface area contributed by atoms with E-state index in [2.05, 4.69) is 5.10 Å². The minimum Gasteiger partial charge on any atom is -0.466 e. The average Bonchev–Trinajstić information content (AvgIpc) is 3.24. The van der Waals surface area contributed by atoms with E-state index in [1.807, 2.05) is 23.6 Å². The Morgan fingerprint density at radius 3 is 3.00 bits per heavy atom. The van der Waals surface area contributed by atoms with E-state index < -0.39 is 0 Å². The minimum atomic E-state index is -0.229. The first-order valence-electron chi connectivity index (χ1n) is 8.14. The van der Waals surface area contributed by atoms with Gasteiger partial charge in [-0.3, -0.25) is 14.3 Å². The third kappa shape index (κ3) is 3.36. The fourth-order valence-corrected chi connectivity index (χ4v) is 3.67. The lowest BCUT2D eigenvalue weighted by atomic mass is 9.98. The molecule has 0 N–H and O–H groups in total. The van der Waals surface area contributed by atoms with E-state index >= 15 is 0 Å². The van der Waals surface area contributed by atoms with Gasteiger partial charge >= 0.3 is 5.97 Å². The maximum atomic E-state index is 12.8. The summed E-state index contributed by atoms with van der Waals surface area (Å²) in [7, 11) is 1.77. The predicted octanol–water partition coefficient (Wildman–Crippen LogP) is 2.56. The zero-order valence-electron chi connectivity index (χ0n) is 13.9. The molecule has 0 saturated carbocycles. The number of thiophene rings is 1. The Bertz CT molecular complexity index is 724. The van der Waals surface area contributed by atoms with E-state index in [0.717, 1.165) is 23.4 Å². The lowest BCUT2D eigenvalue weighted by Gasteiger charge is -2.31. The third-order valence-corrected chi connectivity index (χ3v) is 5.09. The third-order valence-electron chi connectivity index (χ3n) is 4.20. The van der Waals surface area contributed by atoms with Gasteiger partial charge in [0.15, 0.2) is 0 Å². The fraction of sp³-hybridized carbons (Fsp3) is 0.471. The SMILES string of the molecule is CCOC(=O)C1CCCN(C(=O)c2cc(-c3cccs3)nn2C)C1. The van der Waals surface area contributed by atoms with Gasteiger partial charge in [-0.1, -0.05) is 6.07 Å². The first-order chi connectivity index (χ1) is 11.6. The van der Waals surface area contributed by atoms with Crippen molar-refractivity contribution in [2.45, 2.75) is 19.8 Å². The van der Waals surface area contributed by atoms with Gasteiger partial charge in [-0.25, -0.2) is 0 Å². The summed E-state index contributed by atoms with van der Waals surface area (Å²) in [5.74, 6) is -0.520. The molecule has 3 rings (SSSR count). The molecule has 2 aromatic heterocycles.